The van der Waals surface area contributed by atoms with Crippen molar-refractivity contribution in [2.24, 2.45) is 5.92 Å². The summed E-state index contributed by atoms with van der Waals surface area (Å²) in [6.45, 7) is 18.0. The second kappa shape index (κ2) is 17.8. The van der Waals surface area contributed by atoms with E-state index in [4.69, 9.17) is 0 Å². The van der Waals surface area contributed by atoms with Crippen LogP contribution in [0.15, 0.2) is 218 Å². The third-order valence-electron chi connectivity index (χ3n) is 16.8. The molecule has 4 aliphatic carbocycles. The van der Waals surface area contributed by atoms with Crippen LogP contribution in [0.25, 0.3) is 60.9 Å². The Labute approximate surface area is 438 Å². The lowest BCUT2D eigenvalue weighted by molar-refractivity contribution is 0.708. The molecule has 9 aromatic carbocycles. The Morgan fingerprint density at radius 2 is 0.946 bits per heavy atom. The van der Waals surface area contributed by atoms with Gasteiger partial charge in [0.05, 0.1) is 5.69 Å². The third kappa shape index (κ3) is 7.13. The predicted octanol–water partition coefficient (Wildman–Crippen LogP) is 20.1. The molecule has 0 bridgehead atoms. The molecule has 4 aliphatic rings. The molecule has 0 aromatic heterocycles. The molecule has 9 aromatic rings. The minimum atomic E-state index is 0.111. The van der Waals surface area contributed by atoms with Gasteiger partial charge >= 0.3 is 0 Å². The number of hydrogen-bond acceptors (Lipinski definition) is 2. The number of nitrogens with zero attached hydrogens (tertiary/aromatic N) is 2. The maximum absolute atomic E-state index is 2.51. The lowest BCUT2D eigenvalue weighted by Gasteiger charge is -2.36. The van der Waals surface area contributed by atoms with Gasteiger partial charge in [0.1, 0.15) is 0 Å². The van der Waals surface area contributed by atoms with Crippen molar-refractivity contribution in [2.45, 2.75) is 73.1 Å². The molecule has 2 atom stereocenters. The molecule has 0 saturated heterocycles. The zero-order chi connectivity index (χ0) is 50.5. The summed E-state index contributed by atoms with van der Waals surface area (Å²) in [6, 6.07) is 66.9. The monoisotopic (exact) mass is 954 g/mol. The Kier molecular flexibility index (Phi) is 11.0. The highest BCUT2D eigenvalue weighted by molar-refractivity contribution is 6.25. The average Bonchev–Trinajstić information content (AvgIpc) is 3.97. The molecule has 0 fully saturated rings. The van der Waals surface area contributed by atoms with E-state index in [-0.39, 0.29) is 11.8 Å². The first kappa shape index (κ1) is 45.6. The van der Waals surface area contributed by atoms with Crippen LogP contribution in [0.5, 0.6) is 0 Å². The highest BCUT2D eigenvalue weighted by atomic mass is 15.2. The highest BCUT2D eigenvalue weighted by Crippen LogP contribution is 2.66. The van der Waals surface area contributed by atoms with Crippen LogP contribution in [0.3, 0.4) is 0 Å². The summed E-state index contributed by atoms with van der Waals surface area (Å²) < 4.78 is 0. The van der Waals surface area contributed by atoms with Crippen molar-refractivity contribution in [3.8, 4) is 44.5 Å². The maximum atomic E-state index is 2.51. The number of benzene rings is 9. The topological polar surface area (TPSA) is 6.48 Å². The number of rotatable bonds is 10. The Morgan fingerprint density at radius 1 is 0.405 bits per heavy atom. The smallest absolute Gasteiger partial charge is 0.0540 e. The molecule has 0 aliphatic heterocycles. The molecule has 0 amide bonds. The molecular formula is C72H62N2. The minimum absolute atomic E-state index is 0.111. The van der Waals surface area contributed by atoms with E-state index in [0.717, 1.165) is 11.4 Å². The van der Waals surface area contributed by atoms with Crippen molar-refractivity contribution >= 4 is 44.8 Å². The van der Waals surface area contributed by atoms with E-state index in [1.54, 1.807) is 0 Å². The van der Waals surface area contributed by atoms with Gasteiger partial charge in [-0.15, -0.1) is 0 Å². The van der Waals surface area contributed by atoms with Crippen molar-refractivity contribution in [2.75, 3.05) is 9.80 Å². The normalized spacial score (nSPS) is 15.7. The van der Waals surface area contributed by atoms with Crippen molar-refractivity contribution < 1.29 is 0 Å². The fourth-order valence-electron chi connectivity index (χ4n) is 12.7. The summed E-state index contributed by atoms with van der Waals surface area (Å²) >= 11 is 0. The fraction of sp³-hybridized carbons (Fsp3) is 0.167. The van der Waals surface area contributed by atoms with E-state index in [0.29, 0.717) is 11.8 Å². The molecule has 0 spiro atoms. The summed E-state index contributed by atoms with van der Waals surface area (Å²) in [6.07, 6.45) is 12.2. The van der Waals surface area contributed by atoms with Gasteiger partial charge in [-0.3, -0.25) is 0 Å². The first-order valence-corrected chi connectivity index (χ1v) is 26.7. The second-order valence-corrected chi connectivity index (χ2v) is 21.8. The van der Waals surface area contributed by atoms with Crippen LogP contribution >= 0.6 is 0 Å². The van der Waals surface area contributed by atoms with Crippen molar-refractivity contribution in [1.82, 2.24) is 0 Å². The van der Waals surface area contributed by atoms with Gasteiger partial charge in [0, 0.05) is 45.7 Å². The van der Waals surface area contributed by atoms with Crippen LogP contribution in [0, 0.1) is 33.6 Å². The lowest BCUT2D eigenvalue weighted by Crippen LogP contribution is -2.25. The fourth-order valence-corrected chi connectivity index (χ4v) is 12.7. The van der Waals surface area contributed by atoms with Crippen LogP contribution < -0.4 is 9.80 Å². The molecule has 74 heavy (non-hydrogen) atoms. The maximum Gasteiger partial charge on any atom is 0.0540 e. The third-order valence-corrected chi connectivity index (χ3v) is 16.8. The van der Waals surface area contributed by atoms with E-state index < -0.39 is 0 Å². The van der Waals surface area contributed by atoms with E-state index in [1.807, 2.05) is 0 Å². The minimum Gasteiger partial charge on any atom is -0.310 e. The first-order valence-electron chi connectivity index (χ1n) is 26.7. The Hall–Kier alpha value is -8.20. The van der Waals surface area contributed by atoms with E-state index in [2.05, 4.69) is 271 Å². The van der Waals surface area contributed by atoms with Crippen molar-refractivity contribution in [3.63, 3.8) is 0 Å². The van der Waals surface area contributed by atoms with E-state index >= 15 is 0 Å². The second-order valence-electron chi connectivity index (χ2n) is 21.8. The molecule has 360 valence electrons. The van der Waals surface area contributed by atoms with E-state index in [1.165, 1.54) is 134 Å². The Bertz CT molecular complexity index is 3860. The summed E-state index contributed by atoms with van der Waals surface area (Å²) in [5.41, 5.74) is 30.9. The first-order chi connectivity index (χ1) is 36.0. The zero-order valence-electron chi connectivity index (χ0n) is 43.8. The molecule has 0 heterocycles. The average molecular weight is 955 g/mol. The van der Waals surface area contributed by atoms with Crippen LogP contribution in [0.1, 0.15) is 90.0 Å². The Morgan fingerprint density at radius 3 is 1.54 bits per heavy atom. The summed E-state index contributed by atoms with van der Waals surface area (Å²) in [7, 11) is 0. The number of aryl methyl sites for hydroxylation is 4. The quantitative estimate of drug-likeness (QED) is 0.135. The molecule has 2 unspecified atom stereocenters. The lowest BCUT2D eigenvalue weighted by atomic mass is 9.75. The van der Waals surface area contributed by atoms with Gasteiger partial charge in [-0.2, -0.15) is 0 Å². The number of anilines is 5. The largest absolute Gasteiger partial charge is 0.310 e. The summed E-state index contributed by atoms with van der Waals surface area (Å²) in [4.78, 5) is 5.00. The molecular weight excluding hydrogens is 893 g/mol. The van der Waals surface area contributed by atoms with Gasteiger partial charge in [0.2, 0.25) is 0 Å². The van der Waals surface area contributed by atoms with Gasteiger partial charge in [0.25, 0.3) is 0 Å². The van der Waals surface area contributed by atoms with Crippen LogP contribution in [-0.2, 0) is 0 Å². The van der Waals surface area contributed by atoms with Crippen LogP contribution in [0.2, 0.25) is 0 Å². The van der Waals surface area contributed by atoms with Gasteiger partial charge in [-0.1, -0.05) is 173 Å². The van der Waals surface area contributed by atoms with Crippen LogP contribution in [-0.4, -0.2) is 0 Å². The molecule has 0 saturated carbocycles. The number of fused-ring (bicyclic) bond motifs is 6. The van der Waals surface area contributed by atoms with Crippen molar-refractivity contribution in [3.05, 3.63) is 262 Å². The molecule has 0 N–H and O–H groups in total. The number of allylic oxidation sites excluding steroid dienone is 7. The molecule has 0 radical (unpaired) electrons. The Balaban J connectivity index is 1.08. The summed E-state index contributed by atoms with van der Waals surface area (Å²) in [5, 5.41) is 2.56. The predicted molar refractivity (Wildman–Crippen MR) is 316 cm³/mol. The molecule has 13 rings (SSSR count). The highest BCUT2D eigenvalue weighted by Gasteiger charge is 2.47. The van der Waals surface area contributed by atoms with Gasteiger partial charge in [0.15, 0.2) is 0 Å². The zero-order valence-corrected chi connectivity index (χ0v) is 43.8. The van der Waals surface area contributed by atoms with E-state index in [9.17, 15) is 0 Å². The molecule has 2 heteroatoms. The number of hydrogen-bond donors (Lipinski definition) is 0. The van der Waals surface area contributed by atoms with Crippen molar-refractivity contribution in [1.29, 1.82) is 0 Å². The standard InChI is InChI=1S/C72H62N2/c1-43(2)49-27-33-53(34-28-49)73(55-31-25-45(5)47(7)41-55)63-39-37-61-67-57(63)21-15-23-59(67)69-65(51-17-11-9-12-18-51)72-62-38-40-64(74(56-32-26-46(6)48(8)42-56)54-35-29-50(30-36-54)44(3)4)58-22-16-24-60(68(58)62)70(72)66(71(61)69)52-19-13-10-14-20-52/h9-44,59,67H,1-8H3. The van der Waals surface area contributed by atoms with Crippen LogP contribution in [0.4, 0.5) is 28.4 Å². The summed E-state index contributed by atoms with van der Waals surface area (Å²) in [5.74, 6) is 1.13. The van der Waals surface area contributed by atoms with Gasteiger partial charge < -0.3 is 9.80 Å². The van der Waals surface area contributed by atoms with Gasteiger partial charge in [-0.05, 0) is 206 Å². The SMILES string of the molecule is Cc1ccc(N(C2=CC=C3c4c(-c5ccccc5)c5c(c(-c6ccccc6)c4C4C=CC=C2C34)-c2ccc(N(c3ccc(C(C)C)cc3)c3ccc(C)c(C)c3)c3cccc-5c23)c2ccc(C(C)C)cc2)cc1C. The van der Waals surface area contributed by atoms with Gasteiger partial charge in [-0.25, -0.2) is 0 Å². The molecule has 2 nitrogen and oxygen atoms in total.